The number of rotatable bonds is 9. The van der Waals surface area contributed by atoms with Gasteiger partial charge in [0.2, 0.25) is 0 Å². The number of amides is 1. The van der Waals surface area contributed by atoms with E-state index in [4.69, 9.17) is 4.74 Å². The van der Waals surface area contributed by atoms with Crippen molar-refractivity contribution in [3.63, 3.8) is 0 Å². The van der Waals surface area contributed by atoms with Crippen LogP contribution in [0, 0.1) is 16.0 Å². The van der Waals surface area contributed by atoms with Crippen LogP contribution in [-0.4, -0.2) is 51.5 Å². The van der Waals surface area contributed by atoms with Crippen LogP contribution in [0.3, 0.4) is 0 Å². The van der Waals surface area contributed by atoms with Crippen molar-refractivity contribution in [3.05, 3.63) is 58.7 Å². The Morgan fingerprint density at radius 2 is 2.04 bits per heavy atom. The zero-order valence-corrected chi connectivity index (χ0v) is 15.3. The molecule has 0 radical (unpaired) electrons. The molecule has 1 unspecified atom stereocenters. The molecule has 0 aliphatic rings. The van der Waals surface area contributed by atoms with Gasteiger partial charge in [-0.3, -0.25) is 19.7 Å². The highest BCUT2D eigenvalue weighted by atomic mass is 16.6. The van der Waals surface area contributed by atoms with Crippen LogP contribution < -0.4 is 0 Å². The first-order valence-corrected chi connectivity index (χ1v) is 8.49. The molecule has 1 aromatic carbocycles. The van der Waals surface area contributed by atoms with E-state index in [0.717, 1.165) is 0 Å². The van der Waals surface area contributed by atoms with Crippen LogP contribution in [0.15, 0.2) is 43.0 Å². The molecule has 0 spiro atoms. The summed E-state index contributed by atoms with van der Waals surface area (Å²) in [5.74, 6) is -1.16. The van der Waals surface area contributed by atoms with Gasteiger partial charge in [-0.25, -0.2) is 4.98 Å². The first-order valence-electron chi connectivity index (χ1n) is 8.49. The molecule has 0 saturated carbocycles. The lowest BCUT2D eigenvalue weighted by molar-refractivity contribution is -0.384. The summed E-state index contributed by atoms with van der Waals surface area (Å²) >= 11 is 0. The van der Waals surface area contributed by atoms with Crippen molar-refractivity contribution < 1.29 is 19.2 Å². The molecule has 0 fully saturated rings. The predicted octanol–water partition coefficient (Wildman–Crippen LogP) is 2.13. The van der Waals surface area contributed by atoms with E-state index in [9.17, 15) is 19.7 Å². The molecule has 1 heterocycles. The number of benzene rings is 1. The summed E-state index contributed by atoms with van der Waals surface area (Å²) in [5.41, 5.74) is 0.251. The SMILES string of the molecule is COC(=O)C(C)CN(CCCn1ccnc1)C(=O)c1ccc([N+](=O)[O-])cc1. The number of esters is 1. The van der Waals surface area contributed by atoms with Crippen LogP contribution in [-0.2, 0) is 16.1 Å². The summed E-state index contributed by atoms with van der Waals surface area (Å²) in [6.07, 6.45) is 5.88. The molecular formula is C18H22N4O5. The number of methoxy groups -OCH3 is 1. The number of imidazole rings is 1. The topological polar surface area (TPSA) is 108 Å². The lowest BCUT2D eigenvalue weighted by atomic mass is 10.1. The Kier molecular flexibility index (Phi) is 7.04. The van der Waals surface area contributed by atoms with Crippen molar-refractivity contribution >= 4 is 17.6 Å². The smallest absolute Gasteiger partial charge is 0.310 e. The third kappa shape index (κ3) is 5.63. The van der Waals surface area contributed by atoms with Gasteiger partial charge in [-0.05, 0) is 18.6 Å². The van der Waals surface area contributed by atoms with Crippen LogP contribution in [0.25, 0.3) is 0 Å². The van der Waals surface area contributed by atoms with Gasteiger partial charge >= 0.3 is 5.97 Å². The van der Waals surface area contributed by atoms with Gasteiger partial charge in [-0.15, -0.1) is 0 Å². The zero-order chi connectivity index (χ0) is 19.8. The van der Waals surface area contributed by atoms with Gasteiger partial charge in [0, 0.05) is 49.7 Å². The fourth-order valence-electron chi connectivity index (χ4n) is 2.65. The Labute approximate surface area is 156 Å². The Morgan fingerprint density at radius 1 is 1.33 bits per heavy atom. The molecule has 1 atom stereocenters. The monoisotopic (exact) mass is 374 g/mol. The quantitative estimate of drug-likeness (QED) is 0.378. The molecule has 0 N–H and O–H groups in total. The largest absolute Gasteiger partial charge is 0.469 e. The molecule has 1 amide bonds. The number of nitro groups is 1. The number of carbonyl (C=O) groups is 2. The molecule has 1 aromatic heterocycles. The van der Waals surface area contributed by atoms with Crippen LogP contribution >= 0.6 is 0 Å². The summed E-state index contributed by atoms with van der Waals surface area (Å²) in [5, 5.41) is 10.8. The van der Waals surface area contributed by atoms with E-state index in [1.807, 2.05) is 10.8 Å². The maximum absolute atomic E-state index is 12.8. The minimum absolute atomic E-state index is 0.0823. The number of nitro benzene ring substituents is 1. The van der Waals surface area contributed by atoms with E-state index in [-0.39, 0.29) is 18.1 Å². The first kappa shape index (κ1) is 20.1. The number of aryl methyl sites for hydroxylation is 1. The second-order valence-electron chi connectivity index (χ2n) is 6.13. The van der Waals surface area contributed by atoms with Gasteiger partial charge in [0.25, 0.3) is 11.6 Å². The minimum Gasteiger partial charge on any atom is -0.469 e. The van der Waals surface area contributed by atoms with Crippen molar-refractivity contribution in [1.82, 2.24) is 14.5 Å². The molecule has 9 heteroatoms. The molecule has 2 rings (SSSR count). The summed E-state index contributed by atoms with van der Waals surface area (Å²) in [6.45, 7) is 3.00. The number of ether oxygens (including phenoxy) is 1. The Morgan fingerprint density at radius 3 is 2.59 bits per heavy atom. The van der Waals surface area contributed by atoms with Gasteiger partial charge in [-0.1, -0.05) is 6.92 Å². The number of hydrogen-bond donors (Lipinski definition) is 0. The first-order chi connectivity index (χ1) is 12.9. The second-order valence-corrected chi connectivity index (χ2v) is 6.13. The zero-order valence-electron chi connectivity index (χ0n) is 15.3. The van der Waals surface area contributed by atoms with E-state index >= 15 is 0 Å². The highest BCUT2D eigenvalue weighted by Crippen LogP contribution is 2.15. The van der Waals surface area contributed by atoms with Crippen molar-refractivity contribution in [3.8, 4) is 0 Å². The van der Waals surface area contributed by atoms with Gasteiger partial charge < -0.3 is 14.2 Å². The van der Waals surface area contributed by atoms with E-state index in [0.29, 0.717) is 25.1 Å². The van der Waals surface area contributed by atoms with Crippen LogP contribution in [0.2, 0.25) is 0 Å². The number of hydrogen-bond acceptors (Lipinski definition) is 6. The Bertz CT molecular complexity index is 774. The lowest BCUT2D eigenvalue weighted by Gasteiger charge is -2.25. The molecule has 0 bridgehead atoms. The van der Waals surface area contributed by atoms with Crippen molar-refractivity contribution in [2.75, 3.05) is 20.2 Å². The molecule has 144 valence electrons. The molecule has 0 aliphatic carbocycles. The fourth-order valence-corrected chi connectivity index (χ4v) is 2.65. The van der Waals surface area contributed by atoms with E-state index in [1.165, 1.54) is 31.4 Å². The van der Waals surface area contributed by atoms with Crippen molar-refractivity contribution in [2.24, 2.45) is 5.92 Å². The average molecular weight is 374 g/mol. The summed E-state index contributed by atoms with van der Waals surface area (Å²) < 4.78 is 6.64. The Balaban J connectivity index is 2.09. The molecule has 0 aliphatic heterocycles. The lowest BCUT2D eigenvalue weighted by Crippen LogP contribution is -2.38. The number of aromatic nitrogens is 2. The number of carbonyl (C=O) groups excluding carboxylic acids is 2. The van der Waals surface area contributed by atoms with Gasteiger partial charge in [0.1, 0.15) is 0 Å². The fraction of sp³-hybridized carbons (Fsp3) is 0.389. The summed E-state index contributed by atoms with van der Waals surface area (Å²) in [6, 6.07) is 5.43. The van der Waals surface area contributed by atoms with E-state index in [2.05, 4.69) is 4.98 Å². The standard InChI is InChI=1S/C18H22N4O5/c1-14(18(24)27-2)12-21(10-3-9-20-11-8-19-13-20)17(23)15-4-6-16(7-5-15)22(25)26/h4-8,11,13-14H,3,9-10,12H2,1-2H3. The van der Waals surface area contributed by atoms with Crippen molar-refractivity contribution in [2.45, 2.75) is 19.9 Å². The summed E-state index contributed by atoms with van der Waals surface area (Å²) in [7, 11) is 1.31. The van der Waals surface area contributed by atoms with Gasteiger partial charge in [-0.2, -0.15) is 0 Å². The molecular weight excluding hydrogens is 352 g/mol. The second kappa shape index (κ2) is 9.46. The van der Waals surface area contributed by atoms with Crippen LogP contribution in [0.4, 0.5) is 5.69 Å². The van der Waals surface area contributed by atoms with Crippen LogP contribution in [0.1, 0.15) is 23.7 Å². The van der Waals surface area contributed by atoms with Crippen molar-refractivity contribution in [1.29, 1.82) is 0 Å². The maximum Gasteiger partial charge on any atom is 0.310 e. The predicted molar refractivity (Wildman–Crippen MR) is 97.0 cm³/mol. The average Bonchev–Trinajstić information content (AvgIpc) is 3.19. The maximum atomic E-state index is 12.8. The number of non-ortho nitro benzene ring substituents is 1. The van der Waals surface area contributed by atoms with E-state index in [1.54, 1.807) is 24.3 Å². The molecule has 2 aromatic rings. The van der Waals surface area contributed by atoms with Crippen LogP contribution in [0.5, 0.6) is 0 Å². The molecule has 9 nitrogen and oxygen atoms in total. The third-order valence-electron chi connectivity index (χ3n) is 4.11. The normalized spacial score (nSPS) is 11.6. The summed E-state index contributed by atoms with van der Waals surface area (Å²) in [4.78, 5) is 40.4. The highest BCUT2D eigenvalue weighted by Gasteiger charge is 2.22. The highest BCUT2D eigenvalue weighted by molar-refractivity contribution is 5.94. The van der Waals surface area contributed by atoms with Gasteiger partial charge in [0.05, 0.1) is 24.3 Å². The number of nitrogens with zero attached hydrogens (tertiary/aromatic N) is 4. The molecule has 0 saturated heterocycles. The van der Waals surface area contributed by atoms with Gasteiger partial charge in [0.15, 0.2) is 0 Å². The minimum atomic E-state index is -0.517. The molecule has 27 heavy (non-hydrogen) atoms. The Hall–Kier alpha value is -3.23. The third-order valence-corrected chi connectivity index (χ3v) is 4.11. The van der Waals surface area contributed by atoms with E-state index < -0.39 is 16.8 Å².